The number of aromatic nitrogens is 3. The number of ether oxygens (including phenoxy) is 2. The molecule has 0 amide bonds. The summed E-state index contributed by atoms with van der Waals surface area (Å²) in [4.78, 5) is 16.0. The minimum Gasteiger partial charge on any atom is -0.497 e. The van der Waals surface area contributed by atoms with E-state index in [1.165, 1.54) is 6.20 Å². The Morgan fingerprint density at radius 1 is 1.40 bits per heavy atom. The molecule has 2 aromatic rings. The molecule has 2 heterocycles. The van der Waals surface area contributed by atoms with E-state index < -0.39 is 0 Å². The predicted octanol–water partition coefficient (Wildman–Crippen LogP) is 1.82. The van der Waals surface area contributed by atoms with Gasteiger partial charge >= 0.3 is 5.97 Å². The number of carbonyl (C=O) groups is 1. The molecule has 0 saturated carbocycles. The summed E-state index contributed by atoms with van der Waals surface area (Å²) in [6.45, 7) is 4.49. The molecule has 0 fully saturated rings. The highest BCUT2D eigenvalue weighted by atomic mass is 16.5. The highest BCUT2D eigenvalue weighted by Crippen LogP contribution is 2.14. The van der Waals surface area contributed by atoms with E-state index in [0.29, 0.717) is 18.7 Å². The van der Waals surface area contributed by atoms with Crippen LogP contribution >= 0.6 is 0 Å². The highest BCUT2D eigenvalue weighted by molar-refractivity contribution is 5.88. The van der Waals surface area contributed by atoms with E-state index >= 15 is 0 Å². The van der Waals surface area contributed by atoms with E-state index in [9.17, 15) is 4.79 Å². The van der Waals surface area contributed by atoms with E-state index in [2.05, 4.69) is 10.1 Å². The molecule has 0 bridgehead atoms. The maximum Gasteiger partial charge on any atom is 0.341 e. The SMILES string of the molecule is CCOC(=O)c1cnn(Cc2cc(OC)cc(C)n2)c1. The van der Waals surface area contributed by atoms with Gasteiger partial charge in [-0.2, -0.15) is 5.10 Å². The van der Waals surface area contributed by atoms with Crippen LogP contribution in [-0.4, -0.2) is 34.5 Å². The Bertz CT molecular complexity index is 607. The molecule has 0 spiro atoms. The molecule has 6 nitrogen and oxygen atoms in total. The first-order valence-corrected chi connectivity index (χ1v) is 6.33. The minimum absolute atomic E-state index is 0.348. The summed E-state index contributed by atoms with van der Waals surface area (Å²) in [6.07, 6.45) is 3.14. The predicted molar refractivity (Wildman–Crippen MR) is 72.8 cm³/mol. The number of esters is 1. The maximum absolute atomic E-state index is 11.6. The molecule has 0 unspecified atom stereocenters. The molecule has 2 aromatic heterocycles. The van der Waals surface area contributed by atoms with E-state index in [4.69, 9.17) is 9.47 Å². The third-order valence-corrected chi connectivity index (χ3v) is 2.68. The number of nitrogens with zero attached hydrogens (tertiary/aromatic N) is 3. The first kappa shape index (κ1) is 14.0. The fourth-order valence-electron chi connectivity index (χ4n) is 1.84. The average molecular weight is 275 g/mol. The molecule has 0 atom stereocenters. The summed E-state index contributed by atoms with van der Waals surface area (Å²) >= 11 is 0. The van der Waals surface area contributed by atoms with Crippen LogP contribution < -0.4 is 4.74 Å². The van der Waals surface area contributed by atoms with Crippen LogP contribution in [0.3, 0.4) is 0 Å². The zero-order valence-corrected chi connectivity index (χ0v) is 11.8. The van der Waals surface area contributed by atoms with Crippen molar-refractivity contribution in [2.75, 3.05) is 13.7 Å². The number of methoxy groups -OCH3 is 1. The first-order chi connectivity index (χ1) is 9.62. The van der Waals surface area contributed by atoms with Gasteiger partial charge in [0.05, 0.1) is 37.7 Å². The van der Waals surface area contributed by atoms with Crippen LogP contribution in [0, 0.1) is 6.92 Å². The van der Waals surface area contributed by atoms with Crippen molar-refractivity contribution in [3.05, 3.63) is 41.5 Å². The standard InChI is InChI=1S/C14H17N3O3/c1-4-20-14(18)11-7-15-17(8-11)9-12-6-13(19-3)5-10(2)16-12/h5-8H,4,9H2,1-3H3. The minimum atomic E-state index is -0.367. The normalized spacial score (nSPS) is 10.3. The molecule has 2 rings (SSSR count). The lowest BCUT2D eigenvalue weighted by atomic mass is 10.3. The van der Waals surface area contributed by atoms with Gasteiger partial charge in [0.15, 0.2) is 0 Å². The van der Waals surface area contributed by atoms with Gasteiger partial charge in [0.2, 0.25) is 0 Å². The lowest BCUT2D eigenvalue weighted by Crippen LogP contribution is -2.05. The van der Waals surface area contributed by atoms with Gasteiger partial charge in [-0.05, 0) is 13.8 Å². The van der Waals surface area contributed by atoms with Crippen molar-refractivity contribution in [1.82, 2.24) is 14.8 Å². The second-order valence-corrected chi connectivity index (χ2v) is 4.29. The average Bonchev–Trinajstić information content (AvgIpc) is 2.87. The van der Waals surface area contributed by atoms with Crippen LogP contribution in [-0.2, 0) is 11.3 Å². The summed E-state index contributed by atoms with van der Waals surface area (Å²) in [6, 6.07) is 3.70. The second kappa shape index (κ2) is 6.18. The highest BCUT2D eigenvalue weighted by Gasteiger charge is 2.10. The maximum atomic E-state index is 11.6. The Morgan fingerprint density at radius 3 is 2.90 bits per heavy atom. The summed E-state index contributed by atoms with van der Waals surface area (Å²) in [5.41, 5.74) is 2.13. The number of hydrogen-bond donors (Lipinski definition) is 0. The van der Waals surface area contributed by atoms with Crippen LogP contribution in [0.15, 0.2) is 24.5 Å². The Labute approximate surface area is 117 Å². The van der Waals surface area contributed by atoms with Crippen molar-refractivity contribution < 1.29 is 14.3 Å². The van der Waals surface area contributed by atoms with E-state index in [1.807, 2.05) is 19.1 Å². The lowest BCUT2D eigenvalue weighted by molar-refractivity contribution is 0.0526. The van der Waals surface area contributed by atoms with Crippen molar-refractivity contribution in [2.45, 2.75) is 20.4 Å². The number of hydrogen-bond acceptors (Lipinski definition) is 5. The van der Waals surface area contributed by atoms with Gasteiger partial charge in [0.25, 0.3) is 0 Å². The summed E-state index contributed by atoms with van der Waals surface area (Å²) < 4.78 is 11.8. The van der Waals surface area contributed by atoms with Crippen LogP contribution in [0.5, 0.6) is 5.75 Å². The zero-order chi connectivity index (χ0) is 14.5. The molecule has 0 aliphatic rings. The number of aryl methyl sites for hydroxylation is 1. The Kier molecular flexibility index (Phi) is 4.34. The summed E-state index contributed by atoms with van der Waals surface area (Å²) in [5.74, 6) is 0.388. The van der Waals surface area contributed by atoms with Gasteiger partial charge in [-0.15, -0.1) is 0 Å². The summed E-state index contributed by atoms with van der Waals surface area (Å²) in [5, 5.41) is 4.13. The van der Waals surface area contributed by atoms with Gasteiger partial charge in [0.1, 0.15) is 5.75 Å². The van der Waals surface area contributed by atoms with Gasteiger partial charge in [-0.3, -0.25) is 9.67 Å². The molecule has 0 aliphatic heterocycles. The fraction of sp³-hybridized carbons (Fsp3) is 0.357. The molecule has 106 valence electrons. The monoisotopic (exact) mass is 275 g/mol. The molecule has 0 radical (unpaired) electrons. The van der Waals surface area contributed by atoms with Gasteiger partial charge in [-0.1, -0.05) is 0 Å². The van der Waals surface area contributed by atoms with Crippen molar-refractivity contribution >= 4 is 5.97 Å². The number of carbonyl (C=O) groups excluding carboxylic acids is 1. The van der Waals surface area contributed by atoms with Crippen molar-refractivity contribution in [1.29, 1.82) is 0 Å². The number of rotatable bonds is 5. The number of pyridine rings is 1. The smallest absolute Gasteiger partial charge is 0.341 e. The molecule has 0 N–H and O–H groups in total. The Hall–Kier alpha value is -2.37. The van der Waals surface area contributed by atoms with E-state index in [0.717, 1.165) is 17.1 Å². The van der Waals surface area contributed by atoms with Gasteiger partial charge in [0, 0.05) is 24.0 Å². The quantitative estimate of drug-likeness (QED) is 0.779. The second-order valence-electron chi connectivity index (χ2n) is 4.29. The van der Waals surface area contributed by atoms with Crippen LogP contribution in [0.2, 0.25) is 0 Å². The van der Waals surface area contributed by atoms with Gasteiger partial charge < -0.3 is 9.47 Å². The van der Waals surface area contributed by atoms with Crippen molar-refractivity contribution in [3.8, 4) is 5.75 Å². The molecule has 0 aromatic carbocycles. The van der Waals surface area contributed by atoms with Crippen molar-refractivity contribution in [2.24, 2.45) is 0 Å². The lowest BCUT2D eigenvalue weighted by Gasteiger charge is -2.06. The molecule has 6 heteroatoms. The third kappa shape index (κ3) is 3.34. The van der Waals surface area contributed by atoms with Crippen LogP contribution in [0.4, 0.5) is 0 Å². The fourth-order valence-corrected chi connectivity index (χ4v) is 1.84. The molecule has 0 aliphatic carbocycles. The van der Waals surface area contributed by atoms with Crippen molar-refractivity contribution in [3.63, 3.8) is 0 Å². The molecule has 20 heavy (non-hydrogen) atoms. The Balaban J connectivity index is 2.14. The Morgan fingerprint density at radius 2 is 2.20 bits per heavy atom. The third-order valence-electron chi connectivity index (χ3n) is 2.68. The van der Waals surface area contributed by atoms with Crippen LogP contribution in [0.1, 0.15) is 28.7 Å². The van der Waals surface area contributed by atoms with E-state index in [1.54, 1.807) is 24.9 Å². The topological polar surface area (TPSA) is 66.2 Å². The molecule has 0 saturated heterocycles. The molecular formula is C14H17N3O3. The van der Waals surface area contributed by atoms with Crippen LogP contribution in [0.25, 0.3) is 0 Å². The van der Waals surface area contributed by atoms with Gasteiger partial charge in [-0.25, -0.2) is 4.79 Å². The van der Waals surface area contributed by atoms with E-state index in [-0.39, 0.29) is 5.97 Å². The molecular weight excluding hydrogens is 258 g/mol. The largest absolute Gasteiger partial charge is 0.497 e. The first-order valence-electron chi connectivity index (χ1n) is 6.33. The zero-order valence-electron chi connectivity index (χ0n) is 11.8. The summed E-state index contributed by atoms with van der Waals surface area (Å²) in [7, 11) is 1.62.